The third-order valence-electron chi connectivity index (χ3n) is 10.5. The summed E-state index contributed by atoms with van der Waals surface area (Å²) in [4.78, 5) is 2.50. The maximum atomic E-state index is 6.29. The van der Waals surface area contributed by atoms with Crippen molar-refractivity contribution >= 4 is 27.6 Å². The lowest BCUT2D eigenvalue weighted by Gasteiger charge is -2.24. The Morgan fingerprint density at radius 1 is 0.327 bits per heavy atom. The zero-order chi connectivity index (χ0) is 34.4. The summed E-state index contributed by atoms with van der Waals surface area (Å²) in [6.45, 7) is 1.64. The van der Waals surface area contributed by atoms with E-state index >= 15 is 0 Å². The summed E-state index contributed by atoms with van der Waals surface area (Å²) in [7, 11) is 0. The molecule has 2 heteroatoms. The van der Waals surface area contributed by atoms with Crippen molar-refractivity contribution in [2.45, 2.75) is 13.1 Å². The molecule has 9 aromatic rings. The van der Waals surface area contributed by atoms with Crippen LogP contribution in [-0.2, 0) is 13.1 Å². The average molecular weight is 666 g/mol. The largest absolute Gasteiger partial charge is 0.456 e. The summed E-state index contributed by atoms with van der Waals surface area (Å²) < 4.78 is 6.29. The van der Waals surface area contributed by atoms with Gasteiger partial charge in [0.25, 0.3) is 0 Å². The Kier molecular flexibility index (Phi) is 7.32. The first-order valence-electron chi connectivity index (χ1n) is 18.0. The van der Waals surface area contributed by atoms with Crippen LogP contribution in [0.5, 0.6) is 0 Å². The number of nitrogens with zero attached hydrogens (tertiary/aromatic N) is 1. The molecule has 2 nitrogen and oxygen atoms in total. The summed E-state index contributed by atoms with van der Waals surface area (Å²) in [5.74, 6) is 0. The van der Waals surface area contributed by atoms with Gasteiger partial charge in [-0.05, 0) is 127 Å². The molecular weight excluding hydrogens is 631 g/mol. The smallest absolute Gasteiger partial charge is 0.136 e. The third-order valence-corrected chi connectivity index (χ3v) is 10.5. The minimum absolute atomic E-state index is 0.812. The Bertz CT molecular complexity index is 2670. The Morgan fingerprint density at radius 3 is 1.60 bits per heavy atom. The second-order valence-corrected chi connectivity index (χ2v) is 13.8. The first-order valence-corrected chi connectivity index (χ1v) is 18.0. The molecule has 2 heterocycles. The van der Waals surface area contributed by atoms with Gasteiger partial charge in [-0.15, -0.1) is 0 Å². The lowest BCUT2D eigenvalue weighted by Crippen LogP contribution is -2.20. The lowest BCUT2D eigenvalue weighted by atomic mass is 9.89. The molecule has 0 aliphatic carbocycles. The Morgan fingerprint density at radius 2 is 0.865 bits per heavy atom. The summed E-state index contributed by atoms with van der Waals surface area (Å²) in [5.41, 5.74) is 17.9. The predicted molar refractivity (Wildman–Crippen MR) is 217 cm³/mol. The molecule has 0 amide bonds. The van der Waals surface area contributed by atoms with E-state index < -0.39 is 0 Å². The van der Waals surface area contributed by atoms with E-state index in [1.807, 2.05) is 12.1 Å². The van der Waals surface area contributed by atoms with Crippen molar-refractivity contribution < 1.29 is 4.42 Å². The van der Waals surface area contributed by atoms with Gasteiger partial charge in [0.15, 0.2) is 0 Å². The standard InChI is InChI=1S/C50H35NO/c1-4-12-34(13-5-1)40-27-41(35-14-6-2-7-15-35)29-42(28-40)36-22-24-45-43(26-36)33-51(44-16-8-3-9-17-44)32-39-21-20-37(30-48(39)45)38-23-25-47-46-18-10-11-19-49(46)52-50(47)31-38/h1-31H,32-33H2. The molecule has 1 aromatic heterocycles. The second-order valence-electron chi connectivity index (χ2n) is 13.8. The van der Waals surface area contributed by atoms with Crippen LogP contribution in [0, 0.1) is 0 Å². The van der Waals surface area contributed by atoms with Gasteiger partial charge in [0, 0.05) is 29.5 Å². The molecule has 246 valence electrons. The van der Waals surface area contributed by atoms with Crippen LogP contribution in [0.1, 0.15) is 11.1 Å². The number of hydrogen-bond donors (Lipinski definition) is 0. The highest BCUT2D eigenvalue weighted by molar-refractivity contribution is 6.06. The predicted octanol–water partition coefficient (Wildman–Crippen LogP) is 13.4. The van der Waals surface area contributed by atoms with Gasteiger partial charge >= 0.3 is 0 Å². The number of benzene rings is 8. The number of fused-ring (bicyclic) bond motifs is 6. The van der Waals surface area contributed by atoms with Crippen molar-refractivity contribution in [3.05, 3.63) is 199 Å². The third kappa shape index (κ3) is 5.46. The van der Waals surface area contributed by atoms with Crippen LogP contribution < -0.4 is 4.90 Å². The van der Waals surface area contributed by atoms with Crippen molar-refractivity contribution in [3.8, 4) is 55.6 Å². The molecule has 0 spiro atoms. The van der Waals surface area contributed by atoms with E-state index in [4.69, 9.17) is 4.42 Å². The highest BCUT2D eigenvalue weighted by atomic mass is 16.3. The van der Waals surface area contributed by atoms with Crippen molar-refractivity contribution in [2.24, 2.45) is 0 Å². The number of furan rings is 1. The monoisotopic (exact) mass is 665 g/mol. The summed E-state index contributed by atoms with van der Waals surface area (Å²) in [6.07, 6.45) is 0. The van der Waals surface area contributed by atoms with Gasteiger partial charge in [0.2, 0.25) is 0 Å². The van der Waals surface area contributed by atoms with Crippen molar-refractivity contribution in [1.29, 1.82) is 0 Å². The van der Waals surface area contributed by atoms with Crippen LogP contribution in [0.25, 0.3) is 77.6 Å². The molecule has 0 unspecified atom stereocenters. The number of rotatable bonds is 5. The van der Waals surface area contributed by atoms with Gasteiger partial charge in [-0.3, -0.25) is 0 Å². The highest BCUT2D eigenvalue weighted by Gasteiger charge is 2.22. The summed E-state index contributed by atoms with van der Waals surface area (Å²) >= 11 is 0. The maximum Gasteiger partial charge on any atom is 0.136 e. The van der Waals surface area contributed by atoms with Crippen molar-refractivity contribution in [3.63, 3.8) is 0 Å². The minimum Gasteiger partial charge on any atom is -0.456 e. The van der Waals surface area contributed by atoms with Gasteiger partial charge in [-0.1, -0.05) is 127 Å². The fourth-order valence-corrected chi connectivity index (χ4v) is 7.89. The van der Waals surface area contributed by atoms with Crippen LogP contribution in [0.2, 0.25) is 0 Å². The molecule has 0 saturated heterocycles. The topological polar surface area (TPSA) is 16.4 Å². The molecular formula is C50H35NO. The molecule has 52 heavy (non-hydrogen) atoms. The Balaban J connectivity index is 1.12. The van der Waals surface area contributed by atoms with E-state index in [0.29, 0.717) is 0 Å². The normalized spacial score (nSPS) is 12.4. The SMILES string of the molecule is c1ccc(-c2cc(-c3ccccc3)cc(-c3ccc4c(c3)CN(c3ccccc3)Cc3ccc(-c5ccc6c(c5)oc5ccccc56)cc3-4)c2)cc1. The van der Waals surface area contributed by atoms with E-state index in [1.165, 1.54) is 66.9 Å². The van der Waals surface area contributed by atoms with Gasteiger partial charge in [0.05, 0.1) is 0 Å². The summed E-state index contributed by atoms with van der Waals surface area (Å²) in [6, 6.07) is 68.2. The minimum atomic E-state index is 0.812. The van der Waals surface area contributed by atoms with E-state index in [1.54, 1.807) is 0 Å². The van der Waals surface area contributed by atoms with E-state index in [9.17, 15) is 0 Å². The van der Waals surface area contributed by atoms with Gasteiger partial charge < -0.3 is 9.32 Å². The summed E-state index contributed by atoms with van der Waals surface area (Å²) in [5, 5.41) is 2.30. The zero-order valence-electron chi connectivity index (χ0n) is 28.7. The molecule has 0 bridgehead atoms. The molecule has 1 aliphatic heterocycles. The molecule has 10 rings (SSSR count). The zero-order valence-corrected chi connectivity index (χ0v) is 28.7. The Hall–Kier alpha value is -6.64. The van der Waals surface area contributed by atoms with Gasteiger partial charge in [-0.2, -0.15) is 0 Å². The van der Waals surface area contributed by atoms with Crippen LogP contribution >= 0.6 is 0 Å². The van der Waals surface area contributed by atoms with E-state index in [-0.39, 0.29) is 0 Å². The van der Waals surface area contributed by atoms with Gasteiger partial charge in [-0.25, -0.2) is 0 Å². The maximum absolute atomic E-state index is 6.29. The molecule has 0 atom stereocenters. The van der Waals surface area contributed by atoms with Crippen LogP contribution in [0.15, 0.2) is 192 Å². The average Bonchev–Trinajstić information content (AvgIpc) is 3.51. The first kappa shape index (κ1) is 30.2. The fourth-order valence-electron chi connectivity index (χ4n) is 7.89. The molecule has 1 aliphatic rings. The quantitative estimate of drug-likeness (QED) is 0.182. The van der Waals surface area contributed by atoms with Crippen molar-refractivity contribution in [2.75, 3.05) is 4.90 Å². The van der Waals surface area contributed by atoms with Crippen LogP contribution in [0.3, 0.4) is 0 Å². The first-order chi connectivity index (χ1) is 25.7. The molecule has 8 aromatic carbocycles. The molecule has 0 N–H and O–H groups in total. The number of anilines is 1. The van der Waals surface area contributed by atoms with E-state index in [2.05, 4.69) is 181 Å². The van der Waals surface area contributed by atoms with Crippen LogP contribution in [0.4, 0.5) is 5.69 Å². The molecule has 0 saturated carbocycles. The fraction of sp³-hybridized carbons (Fsp3) is 0.0400. The van der Waals surface area contributed by atoms with Gasteiger partial charge in [0.1, 0.15) is 11.2 Å². The number of para-hydroxylation sites is 2. The Labute approximate surface area is 303 Å². The van der Waals surface area contributed by atoms with E-state index in [0.717, 1.165) is 40.6 Å². The van der Waals surface area contributed by atoms with Crippen LogP contribution in [-0.4, -0.2) is 0 Å². The molecule has 0 fully saturated rings. The number of hydrogen-bond acceptors (Lipinski definition) is 2. The lowest BCUT2D eigenvalue weighted by molar-refractivity contribution is 0.669. The highest BCUT2D eigenvalue weighted by Crippen LogP contribution is 2.41. The van der Waals surface area contributed by atoms with Crippen molar-refractivity contribution in [1.82, 2.24) is 0 Å². The second kappa shape index (κ2) is 12.6. The molecule has 0 radical (unpaired) electrons.